The smallest absolute Gasteiger partial charge is 0.150 e. The molecule has 0 aliphatic heterocycles. The van der Waals surface area contributed by atoms with E-state index in [1.54, 1.807) is 10.6 Å². The van der Waals surface area contributed by atoms with Crippen molar-refractivity contribution in [3.8, 4) is 5.69 Å². The molecule has 1 atom stereocenters. The van der Waals surface area contributed by atoms with Crippen molar-refractivity contribution in [3.05, 3.63) is 30.6 Å². The molecule has 0 saturated carbocycles. The highest BCUT2D eigenvalue weighted by atomic mass is 127. The summed E-state index contributed by atoms with van der Waals surface area (Å²) in [7, 11) is 0. The minimum absolute atomic E-state index is 0.0356. The number of hydrazine groups is 1. The summed E-state index contributed by atoms with van der Waals surface area (Å²) < 4.78 is 16.6. The zero-order valence-corrected chi connectivity index (χ0v) is 11.7. The molecular weight excluding hydrogens is 357 g/mol. The first-order chi connectivity index (χ1) is 8.13. The van der Waals surface area contributed by atoms with Gasteiger partial charge in [0.05, 0.1) is 23.4 Å². The van der Waals surface area contributed by atoms with Crippen molar-refractivity contribution in [2.45, 2.75) is 0 Å². The Hall–Kier alpha value is -0.990. The Morgan fingerprint density at radius 2 is 2.00 bits per heavy atom. The maximum atomic E-state index is 13.7. The number of nitrogens with two attached hydrogens (primary N) is 2. The van der Waals surface area contributed by atoms with Crippen LogP contribution < -0.4 is 16.4 Å². The van der Waals surface area contributed by atoms with Crippen molar-refractivity contribution < 1.29 is 4.39 Å². The fourth-order valence-corrected chi connectivity index (χ4v) is 2.37. The standard InChI is InChI=1S/C8H9FIN6P/c9-6-1-5(15-3-13-14-4-15)2-7(8(6)11)16(12)17-10/h1-4,17H,11-12H2. The zero-order chi connectivity index (χ0) is 12.4. The van der Waals surface area contributed by atoms with Crippen LogP contribution in [0.25, 0.3) is 5.69 Å². The molecule has 1 unspecified atom stereocenters. The summed E-state index contributed by atoms with van der Waals surface area (Å²) in [5, 5.41) is 7.32. The molecule has 17 heavy (non-hydrogen) atoms. The molecule has 0 spiro atoms. The first-order valence-electron chi connectivity index (χ1n) is 4.48. The zero-order valence-electron chi connectivity index (χ0n) is 8.51. The summed E-state index contributed by atoms with van der Waals surface area (Å²) in [6.07, 6.45) is 3.21. The van der Waals surface area contributed by atoms with E-state index in [2.05, 4.69) is 32.2 Å². The van der Waals surface area contributed by atoms with Crippen LogP contribution in [0.2, 0.25) is 0 Å². The Morgan fingerprint density at radius 1 is 1.35 bits per heavy atom. The SMILES string of the molecule is Nc1c(F)cc(-n2cnnc2)cc1N(N)PI. The number of anilines is 2. The molecule has 0 radical (unpaired) electrons. The van der Waals surface area contributed by atoms with Gasteiger partial charge in [0.15, 0.2) is 0 Å². The number of nitrogen functional groups attached to an aromatic ring is 1. The molecule has 9 heteroatoms. The van der Waals surface area contributed by atoms with Gasteiger partial charge in [0, 0.05) is 6.07 Å². The monoisotopic (exact) mass is 366 g/mol. The van der Waals surface area contributed by atoms with Crippen LogP contribution in [0.1, 0.15) is 0 Å². The molecule has 1 aromatic heterocycles. The average Bonchev–Trinajstić information content (AvgIpc) is 2.85. The molecule has 0 saturated heterocycles. The molecule has 0 aliphatic rings. The Bertz CT molecular complexity index is 519. The summed E-state index contributed by atoms with van der Waals surface area (Å²) in [6, 6.07) is 3.00. The summed E-state index contributed by atoms with van der Waals surface area (Å²) >= 11 is 2.09. The van der Waals surface area contributed by atoms with Gasteiger partial charge in [-0.25, -0.2) is 10.2 Å². The van der Waals surface area contributed by atoms with E-state index in [1.165, 1.54) is 23.5 Å². The summed E-state index contributed by atoms with van der Waals surface area (Å²) in [4.78, 5) is 0. The molecule has 2 aromatic rings. The van der Waals surface area contributed by atoms with Crippen molar-refractivity contribution in [1.29, 1.82) is 0 Å². The Kier molecular flexibility index (Phi) is 3.75. The molecule has 2 rings (SSSR count). The van der Waals surface area contributed by atoms with Gasteiger partial charge in [0.25, 0.3) is 0 Å². The molecule has 1 aromatic carbocycles. The van der Waals surface area contributed by atoms with E-state index in [9.17, 15) is 4.39 Å². The van der Waals surface area contributed by atoms with E-state index in [4.69, 9.17) is 11.6 Å². The van der Waals surface area contributed by atoms with E-state index in [1.807, 2.05) is 0 Å². The van der Waals surface area contributed by atoms with E-state index < -0.39 is 5.82 Å². The maximum Gasteiger partial charge on any atom is 0.150 e. The van der Waals surface area contributed by atoms with Crippen LogP contribution in [0.15, 0.2) is 24.8 Å². The quantitative estimate of drug-likeness (QED) is 0.284. The highest BCUT2D eigenvalue weighted by molar-refractivity contribution is 14.2. The average molecular weight is 366 g/mol. The van der Waals surface area contributed by atoms with E-state index in [0.717, 1.165) is 0 Å². The van der Waals surface area contributed by atoms with Crippen molar-refractivity contribution in [2.75, 3.05) is 10.5 Å². The number of aromatic nitrogens is 3. The normalized spacial score (nSPS) is 11.2. The minimum atomic E-state index is -0.517. The largest absolute Gasteiger partial charge is 0.395 e. The van der Waals surface area contributed by atoms with Gasteiger partial charge in [-0.1, -0.05) is 0 Å². The number of halogens is 2. The third-order valence-electron chi connectivity index (χ3n) is 2.16. The predicted molar refractivity (Wildman–Crippen MR) is 74.7 cm³/mol. The summed E-state index contributed by atoms with van der Waals surface area (Å²) in [5.74, 6) is 5.22. The van der Waals surface area contributed by atoms with Gasteiger partial charge in [-0.05, 0) is 28.1 Å². The van der Waals surface area contributed by atoms with Crippen molar-refractivity contribution in [2.24, 2.45) is 5.84 Å². The van der Waals surface area contributed by atoms with Crippen LogP contribution in [0, 0.1) is 5.82 Å². The third-order valence-corrected chi connectivity index (χ3v) is 4.14. The second-order valence-electron chi connectivity index (χ2n) is 3.18. The van der Waals surface area contributed by atoms with E-state index in [0.29, 0.717) is 11.4 Å². The van der Waals surface area contributed by atoms with Gasteiger partial charge in [-0.2, -0.15) is 0 Å². The molecule has 6 nitrogen and oxygen atoms in total. The van der Waals surface area contributed by atoms with E-state index >= 15 is 0 Å². The van der Waals surface area contributed by atoms with Gasteiger partial charge in [-0.15, -0.1) is 10.2 Å². The van der Waals surface area contributed by atoms with Crippen LogP contribution in [0.5, 0.6) is 0 Å². The molecule has 0 bridgehead atoms. The molecule has 0 aliphatic carbocycles. The van der Waals surface area contributed by atoms with Crippen LogP contribution in [0.4, 0.5) is 15.8 Å². The number of hydrogen-bond donors (Lipinski definition) is 2. The third kappa shape index (κ3) is 2.48. The second-order valence-corrected chi connectivity index (χ2v) is 5.28. The molecule has 0 fully saturated rings. The minimum Gasteiger partial charge on any atom is -0.395 e. The van der Waals surface area contributed by atoms with Crippen molar-refractivity contribution in [3.63, 3.8) is 0 Å². The van der Waals surface area contributed by atoms with Gasteiger partial charge < -0.3 is 5.73 Å². The molecular formula is C8H9FIN6P. The maximum absolute atomic E-state index is 13.7. The lowest BCUT2D eigenvalue weighted by Gasteiger charge is -2.18. The first-order valence-corrected chi connectivity index (χ1v) is 8.54. The van der Waals surface area contributed by atoms with Crippen LogP contribution in [0.3, 0.4) is 0 Å². The fourth-order valence-electron chi connectivity index (χ4n) is 1.32. The Morgan fingerprint density at radius 3 is 2.59 bits per heavy atom. The molecule has 0 amide bonds. The fraction of sp³-hybridized carbons (Fsp3) is 0. The predicted octanol–water partition coefficient (Wildman–Crippen LogP) is 1.61. The molecule has 90 valence electrons. The van der Waals surface area contributed by atoms with Gasteiger partial charge in [0.1, 0.15) is 18.5 Å². The first kappa shape index (κ1) is 12.5. The van der Waals surface area contributed by atoms with Crippen LogP contribution in [-0.2, 0) is 0 Å². The Labute approximate surface area is 111 Å². The number of benzene rings is 1. The molecule has 4 N–H and O–H groups in total. The highest BCUT2D eigenvalue weighted by Gasteiger charge is 2.12. The van der Waals surface area contributed by atoms with Crippen molar-refractivity contribution >= 4 is 39.8 Å². The van der Waals surface area contributed by atoms with E-state index in [-0.39, 0.29) is 12.1 Å². The summed E-state index contributed by atoms with van der Waals surface area (Å²) in [6.45, 7) is 0. The Balaban J connectivity index is 2.53. The van der Waals surface area contributed by atoms with Gasteiger partial charge >= 0.3 is 0 Å². The highest BCUT2D eigenvalue weighted by Crippen LogP contribution is 2.36. The number of hydrogen-bond acceptors (Lipinski definition) is 5. The molecule has 1 heterocycles. The van der Waals surface area contributed by atoms with Crippen molar-refractivity contribution in [1.82, 2.24) is 14.8 Å². The van der Waals surface area contributed by atoms with Crippen LogP contribution in [-0.4, -0.2) is 14.8 Å². The lowest BCUT2D eigenvalue weighted by molar-refractivity contribution is 0.631. The lowest BCUT2D eigenvalue weighted by atomic mass is 10.2. The summed E-state index contributed by atoms with van der Waals surface area (Å²) in [5.41, 5.74) is 6.70. The second kappa shape index (κ2) is 5.11. The van der Waals surface area contributed by atoms with Crippen LogP contribution >= 0.6 is 28.4 Å². The van der Waals surface area contributed by atoms with Gasteiger partial charge in [0.2, 0.25) is 0 Å². The number of nitrogens with zero attached hydrogens (tertiary/aromatic N) is 4. The topological polar surface area (TPSA) is 86.0 Å². The van der Waals surface area contributed by atoms with Gasteiger partial charge in [-0.3, -0.25) is 9.35 Å². The number of rotatable bonds is 3. The lowest BCUT2D eigenvalue weighted by Crippen LogP contribution is -2.21.